The monoisotopic (exact) mass is 406 g/mol. The van der Waals surface area contributed by atoms with Gasteiger partial charge in [0, 0.05) is 13.1 Å². The second-order valence-corrected chi connectivity index (χ2v) is 8.17. The van der Waals surface area contributed by atoms with E-state index < -0.39 is 10.0 Å². The molecule has 0 aliphatic rings. The van der Waals surface area contributed by atoms with Crippen molar-refractivity contribution in [1.82, 2.24) is 15.4 Å². The zero-order valence-electron chi connectivity index (χ0n) is 16.2. The first kappa shape index (κ1) is 21.8. The summed E-state index contributed by atoms with van der Waals surface area (Å²) in [7, 11) is -1.91. The molecule has 2 aromatic carbocycles. The van der Waals surface area contributed by atoms with Gasteiger partial charge >= 0.3 is 0 Å². The van der Waals surface area contributed by atoms with Gasteiger partial charge in [-0.15, -0.1) is 0 Å². The van der Waals surface area contributed by atoms with Gasteiger partial charge < -0.3 is 10.6 Å². The van der Waals surface area contributed by atoms with Crippen LogP contribution in [0.2, 0.25) is 0 Å². The SMILES string of the molecule is CCNC(=NCc1cccc(CS(=O)(=O)NC)c1)NCCc1ccccc1F. The molecule has 0 aliphatic carbocycles. The Morgan fingerprint density at radius 2 is 1.82 bits per heavy atom. The Balaban J connectivity index is 1.97. The van der Waals surface area contributed by atoms with Crippen molar-refractivity contribution in [2.24, 2.45) is 4.99 Å². The van der Waals surface area contributed by atoms with E-state index in [1.54, 1.807) is 18.2 Å². The third kappa shape index (κ3) is 7.28. The minimum Gasteiger partial charge on any atom is -0.357 e. The van der Waals surface area contributed by atoms with E-state index in [9.17, 15) is 12.8 Å². The van der Waals surface area contributed by atoms with E-state index in [-0.39, 0.29) is 11.6 Å². The quantitative estimate of drug-likeness (QED) is 0.440. The molecule has 2 aromatic rings. The fraction of sp³-hybridized carbons (Fsp3) is 0.350. The highest BCUT2D eigenvalue weighted by Gasteiger charge is 2.09. The Morgan fingerprint density at radius 1 is 1.07 bits per heavy atom. The number of benzene rings is 2. The average molecular weight is 407 g/mol. The van der Waals surface area contributed by atoms with Crippen LogP contribution in [0.15, 0.2) is 53.5 Å². The first-order valence-electron chi connectivity index (χ1n) is 9.18. The summed E-state index contributed by atoms with van der Waals surface area (Å²) in [5.74, 6) is 0.355. The largest absolute Gasteiger partial charge is 0.357 e. The Kier molecular flexibility index (Phi) is 8.41. The predicted octanol–water partition coefficient (Wildman–Crippen LogP) is 2.17. The normalized spacial score (nSPS) is 12.0. The lowest BCUT2D eigenvalue weighted by Gasteiger charge is -2.12. The molecule has 0 spiro atoms. The van der Waals surface area contributed by atoms with E-state index in [2.05, 4.69) is 20.3 Å². The van der Waals surface area contributed by atoms with Crippen LogP contribution in [0.1, 0.15) is 23.6 Å². The van der Waals surface area contributed by atoms with Crippen LogP contribution in [-0.2, 0) is 28.7 Å². The number of hydrogen-bond donors (Lipinski definition) is 3. The zero-order valence-corrected chi connectivity index (χ0v) is 17.0. The molecule has 0 unspecified atom stereocenters. The molecule has 0 fully saturated rings. The number of sulfonamides is 1. The summed E-state index contributed by atoms with van der Waals surface area (Å²) in [6.45, 7) is 3.62. The minimum absolute atomic E-state index is 0.0674. The molecule has 28 heavy (non-hydrogen) atoms. The summed E-state index contributed by atoms with van der Waals surface area (Å²) >= 11 is 0. The molecular weight excluding hydrogens is 379 g/mol. The first-order chi connectivity index (χ1) is 13.4. The van der Waals surface area contributed by atoms with Crippen LogP contribution in [0.25, 0.3) is 0 Å². The summed E-state index contributed by atoms with van der Waals surface area (Å²) < 4.78 is 39.4. The molecule has 0 radical (unpaired) electrons. The fourth-order valence-corrected chi connectivity index (χ4v) is 3.40. The predicted molar refractivity (Wildman–Crippen MR) is 111 cm³/mol. The number of guanidine groups is 1. The van der Waals surface area contributed by atoms with Crippen molar-refractivity contribution in [2.75, 3.05) is 20.1 Å². The molecule has 0 aromatic heterocycles. The summed E-state index contributed by atoms with van der Waals surface area (Å²) in [6, 6.07) is 14.1. The Bertz CT molecular complexity index is 901. The summed E-state index contributed by atoms with van der Waals surface area (Å²) in [5.41, 5.74) is 2.28. The highest BCUT2D eigenvalue weighted by atomic mass is 32.2. The van der Waals surface area contributed by atoms with Crippen molar-refractivity contribution in [1.29, 1.82) is 0 Å². The van der Waals surface area contributed by atoms with E-state index in [4.69, 9.17) is 0 Å². The number of hydrogen-bond acceptors (Lipinski definition) is 3. The molecular formula is C20H27FN4O2S. The standard InChI is InChI=1S/C20H27FN4O2S/c1-3-23-20(24-12-11-18-9-4-5-10-19(18)21)25-14-16-7-6-8-17(13-16)15-28(26,27)22-2/h4-10,13,22H,3,11-12,14-15H2,1-2H3,(H2,23,24,25). The van der Waals surface area contributed by atoms with Crippen LogP contribution >= 0.6 is 0 Å². The second-order valence-electron chi connectivity index (χ2n) is 6.25. The number of halogens is 1. The van der Waals surface area contributed by atoms with E-state index in [1.807, 2.05) is 31.2 Å². The van der Waals surface area contributed by atoms with Crippen molar-refractivity contribution >= 4 is 16.0 Å². The van der Waals surface area contributed by atoms with Gasteiger partial charge in [0.25, 0.3) is 0 Å². The second kappa shape index (κ2) is 10.8. The summed E-state index contributed by atoms with van der Waals surface area (Å²) in [4.78, 5) is 4.53. The number of rotatable bonds is 9. The van der Waals surface area contributed by atoms with E-state index in [0.717, 1.165) is 5.56 Å². The maximum atomic E-state index is 13.7. The van der Waals surface area contributed by atoms with Crippen LogP contribution in [0.3, 0.4) is 0 Å². The van der Waals surface area contributed by atoms with E-state index in [0.29, 0.717) is 43.1 Å². The van der Waals surface area contributed by atoms with Crippen LogP contribution < -0.4 is 15.4 Å². The molecule has 3 N–H and O–H groups in total. The first-order valence-corrected chi connectivity index (χ1v) is 10.8. The van der Waals surface area contributed by atoms with Crippen molar-refractivity contribution in [3.63, 3.8) is 0 Å². The van der Waals surface area contributed by atoms with Gasteiger partial charge in [-0.2, -0.15) is 0 Å². The van der Waals surface area contributed by atoms with Crippen molar-refractivity contribution < 1.29 is 12.8 Å². The molecule has 0 saturated carbocycles. The Morgan fingerprint density at radius 3 is 2.54 bits per heavy atom. The molecule has 0 atom stereocenters. The summed E-state index contributed by atoms with van der Waals surface area (Å²) in [5, 5.41) is 6.35. The van der Waals surface area contributed by atoms with Gasteiger partial charge in [-0.1, -0.05) is 42.5 Å². The number of nitrogens with one attached hydrogen (secondary N) is 3. The van der Waals surface area contributed by atoms with Gasteiger partial charge in [0.05, 0.1) is 12.3 Å². The van der Waals surface area contributed by atoms with Gasteiger partial charge in [-0.25, -0.2) is 22.5 Å². The van der Waals surface area contributed by atoms with Gasteiger partial charge in [0.1, 0.15) is 5.82 Å². The molecule has 8 heteroatoms. The highest BCUT2D eigenvalue weighted by molar-refractivity contribution is 7.88. The molecule has 6 nitrogen and oxygen atoms in total. The Labute approximate surface area is 166 Å². The smallest absolute Gasteiger partial charge is 0.215 e. The van der Waals surface area contributed by atoms with Crippen molar-refractivity contribution in [2.45, 2.75) is 25.6 Å². The summed E-state index contributed by atoms with van der Waals surface area (Å²) in [6.07, 6.45) is 0.550. The molecule has 0 bridgehead atoms. The van der Waals surface area contributed by atoms with Gasteiger partial charge in [-0.05, 0) is 43.1 Å². The number of nitrogens with zero attached hydrogens (tertiary/aromatic N) is 1. The lowest BCUT2D eigenvalue weighted by atomic mass is 10.1. The lowest BCUT2D eigenvalue weighted by molar-refractivity contribution is 0.587. The zero-order chi connectivity index (χ0) is 20.4. The van der Waals surface area contributed by atoms with Gasteiger partial charge in [0.2, 0.25) is 10.0 Å². The topological polar surface area (TPSA) is 82.6 Å². The maximum absolute atomic E-state index is 13.7. The van der Waals surface area contributed by atoms with Crippen LogP contribution in [0.5, 0.6) is 0 Å². The molecule has 0 aliphatic heterocycles. The molecule has 0 heterocycles. The lowest BCUT2D eigenvalue weighted by Crippen LogP contribution is -2.38. The third-order valence-electron chi connectivity index (χ3n) is 4.07. The van der Waals surface area contributed by atoms with Crippen LogP contribution in [0.4, 0.5) is 4.39 Å². The van der Waals surface area contributed by atoms with Gasteiger partial charge in [0.15, 0.2) is 5.96 Å². The molecule has 152 valence electrons. The molecule has 0 saturated heterocycles. The van der Waals surface area contributed by atoms with E-state index in [1.165, 1.54) is 13.1 Å². The highest BCUT2D eigenvalue weighted by Crippen LogP contribution is 2.10. The van der Waals surface area contributed by atoms with Crippen LogP contribution in [0, 0.1) is 5.82 Å². The third-order valence-corrected chi connectivity index (χ3v) is 5.40. The Hall–Kier alpha value is -2.45. The van der Waals surface area contributed by atoms with E-state index >= 15 is 0 Å². The average Bonchev–Trinajstić information content (AvgIpc) is 2.67. The maximum Gasteiger partial charge on any atom is 0.215 e. The number of aliphatic imine (C=N–C) groups is 1. The fourth-order valence-electron chi connectivity index (χ4n) is 2.64. The van der Waals surface area contributed by atoms with Crippen molar-refractivity contribution in [3.05, 3.63) is 71.0 Å². The molecule has 2 rings (SSSR count). The van der Waals surface area contributed by atoms with Crippen LogP contribution in [-0.4, -0.2) is 34.5 Å². The van der Waals surface area contributed by atoms with Crippen molar-refractivity contribution in [3.8, 4) is 0 Å². The minimum atomic E-state index is -3.31. The molecule has 0 amide bonds. The van der Waals surface area contributed by atoms with Gasteiger partial charge in [-0.3, -0.25) is 0 Å².